The molecule has 0 saturated heterocycles. The third-order valence-electron chi connectivity index (χ3n) is 4.13. The van der Waals surface area contributed by atoms with Crippen molar-refractivity contribution < 1.29 is 9.59 Å². The summed E-state index contributed by atoms with van der Waals surface area (Å²) in [4.78, 5) is 28.8. The van der Waals surface area contributed by atoms with Crippen molar-refractivity contribution in [2.45, 2.75) is 0 Å². The van der Waals surface area contributed by atoms with Crippen molar-refractivity contribution in [3.63, 3.8) is 0 Å². The first kappa shape index (κ1) is 17.2. The molecule has 0 atom stereocenters. The van der Waals surface area contributed by atoms with Crippen LogP contribution in [-0.2, 0) is 0 Å². The van der Waals surface area contributed by atoms with Gasteiger partial charge in [0.05, 0.1) is 22.2 Å². The van der Waals surface area contributed by atoms with Crippen LogP contribution in [0, 0.1) is 0 Å². The van der Waals surface area contributed by atoms with Crippen LogP contribution in [-0.4, -0.2) is 41.1 Å². The average Bonchev–Trinajstić information content (AvgIpc) is 3.02. The number of nitrogens with zero attached hydrogens (tertiary/aromatic N) is 4. The van der Waals surface area contributed by atoms with E-state index in [2.05, 4.69) is 0 Å². The molecule has 2 aliphatic heterocycles. The van der Waals surface area contributed by atoms with Crippen molar-refractivity contribution in [3.05, 3.63) is 58.6 Å². The Kier molecular flexibility index (Phi) is 4.10. The number of amides is 4. The van der Waals surface area contributed by atoms with Gasteiger partial charge in [0.15, 0.2) is 5.11 Å². The summed E-state index contributed by atoms with van der Waals surface area (Å²) in [5.41, 5.74) is 1.35. The molecular weight excluding hydrogens is 395 g/mol. The Balaban J connectivity index is 1.87. The molecule has 26 heavy (non-hydrogen) atoms. The molecule has 2 aliphatic rings. The van der Waals surface area contributed by atoms with Gasteiger partial charge in [0, 0.05) is 24.1 Å². The summed E-state index contributed by atoms with van der Waals surface area (Å²) in [6.45, 7) is 0. The van der Waals surface area contributed by atoms with Crippen molar-refractivity contribution in [3.8, 4) is 0 Å². The van der Waals surface area contributed by atoms with Gasteiger partial charge in [-0.2, -0.15) is 0 Å². The quantitative estimate of drug-likeness (QED) is 0.680. The average molecular weight is 409 g/mol. The number of hydrogen-bond acceptors (Lipinski definition) is 2. The van der Waals surface area contributed by atoms with E-state index < -0.39 is 10.9 Å². The summed E-state index contributed by atoms with van der Waals surface area (Å²) in [6, 6.07) is 13.6. The molecule has 2 aromatic rings. The highest BCUT2D eigenvalue weighted by atomic mass is 35.5. The van der Waals surface area contributed by atoms with E-state index in [0.717, 1.165) is 0 Å². The zero-order valence-electron chi connectivity index (χ0n) is 13.9. The Hall–Kier alpha value is -2.22. The van der Waals surface area contributed by atoms with E-state index in [9.17, 15) is 9.59 Å². The minimum atomic E-state index is -0.929. The normalized spacial score (nSPS) is 17.6. The van der Waals surface area contributed by atoms with E-state index >= 15 is 0 Å². The minimum absolute atomic E-state index is 0.205. The van der Waals surface area contributed by atoms with Crippen molar-refractivity contribution >= 4 is 62.6 Å². The number of carbonyl (C=O) groups excluding carboxylic acids is 2. The molecule has 0 aliphatic carbocycles. The maximum absolute atomic E-state index is 12.9. The summed E-state index contributed by atoms with van der Waals surface area (Å²) in [5, 5.41) is 1.79. The lowest BCUT2D eigenvalue weighted by molar-refractivity contribution is 0.228. The van der Waals surface area contributed by atoms with Gasteiger partial charge in [0.25, 0.3) is 0 Å². The topological polar surface area (TPSA) is 47.1 Å². The van der Waals surface area contributed by atoms with Gasteiger partial charge in [0.2, 0.25) is 0 Å². The monoisotopic (exact) mass is 408 g/mol. The molecule has 9 heteroatoms. The predicted octanol–water partition coefficient (Wildman–Crippen LogP) is 4.62. The zero-order chi connectivity index (χ0) is 18.6. The summed E-state index contributed by atoms with van der Waals surface area (Å²) < 4.78 is 3.23. The van der Waals surface area contributed by atoms with Crippen LogP contribution in [0.15, 0.2) is 48.5 Å². The lowest BCUT2D eigenvalue weighted by Crippen LogP contribution is -2.45. The fourth-order valence-electron chi connectivity index (χ4n) is 2.87. The zero-order valence-corrected chi connectivity index (χ0v) is 16.2. The van der Waals surface area contributed by atoms with Gasteiger partial charge in [-0.15, -0.1) is 0 Å². The summed E-state index contributed by atoms with van der Waals surface area (Å²) in [6.07, 6.45) is 0. The van der Waals surface area contributed by atoms with Crippen LogP contribution in [0.2, 0.25) is 10.0 Å². The van der Waals surface area contributed by atoms with E-state index in [1.54, 1.807) is 71.2 Å². The molecule has 4 amide bonds. The Labute approximate surface area is 163 Å². The van der Waals surface area contributed by atoms with Gasteiger partial charge in [0.1, 0.15) is 0 Å². The molecular formula is C17H14Cl2N4O2S. The third-order valence-corrected chi connectivity index (χ3v) is 6.93. The first-order valence-corrected chi connectivity index (χ1v) is 9.58. The van der Waals surface area contributed by atoms with Crippen LogP contribution in [0.25, 0.3) is 0 Å². The molecule has 0 radical (unpaired) electrons. The smallest absolute Gasteiger partial charge is 0.274 e. The molecule has 0 fully saturated rings. The van der Waals surface area contributed by atoms with E-state index in [1.807, 2.05) is 0 Å². The Morgan fingerprint density at radius 1 is 0.692 bits per heavy atom. The lowest BCUT2D eigenvalue weighted by Gasteiger charge is -2.28. The number of urea groups is 2. The van der Waals surface area contributed by atoms with Crippen molar-refractivity contribution in [2.24, 2.45) is 0 Å². The van der Waals surface area contributed by atoms with E-state index in [4.69, 9.17) is 23.2 Å². The molecule has 4 rings (SSSR count). The highest BCUT2D eigenvalue weighted by Crippen LogP contribution is 2.46. The highest BCUT2D eigenvalue weighted by Gasteiger charge is 2.49. The van der Waals surface area contributed by atoms with Crippen LogP contribution in [0.5, 0.6) is 0 Å². The first-order chi connectivity index (χ1) is 12.4. The lowest BCUT2D eigenvalue weighted by atomic mass is 10.3. The van der Waals surface area contributed by atoms with Gasteiger partial charge in [-0.25, -0.2) is 18.2 Å². The van der Waals surface area contributed by atoms with Crippen LogP contribution in [0.1, 0.15) is 0 Å². The number of hydrogen-bond donors (Lipinski definition) is 0. The maximum Gasteiger partial charge on any atom is 0.341 e. The number of halogens is 2. The second-order valence-corrected chi connectivity index (χ2v) is 8.27. The van der Waals surface area contributed by atoms with Gasteiger partial charge in [-0.05, 0) is 48.5 Å². The van der Waals surface area contributed by atoms with Crippen molar-refractivity contribution in [1.82, 2.24) is 9.80 Å². The Bertz CT molecular complexity index is 871. The molecule has 0 saturated carbocycles. The first-order valence-electron chi connectivity index (χ1n) is 7.68. The van der Waals surface area contributed by atoms with Crippen molar-refractivity contribution in [2.75, 3.05) is 22.7 Å². The van der Waals surface area contributed by atoms with Gasteiger partial charge in [-0.3, -0.25) is 9.80 Å². The summed E-state index contributed by atoms with van der Waals surface area (Å²) in [7, 11) is 2.41. The van der Waals surface area contributed by atoms with Crippen LogP contribution < -0.4 is 8.61 Å². The fraction of sp³-hybridized carbons (Fsp3) is 0.118. The molecule has 2 heterocycles. The number of carbonyl (C=O) groups is 2. The second-order valence-electron chi connectivity index (χ2n) is 5.77. The molecule has 0 aromatic heterocycles. The molecule has 6 nitrogen and oxygen atoms in total. The second kappa shape index (κ2) is 6.19. The van der Waals surface area contributed by atoms with E-state index in [-0.39, 0.29) is 12.1 Å². The molecule has 134 valence electrons. The molecule has 0 bridgehead atoms. The Morgan fingerprint density at radius 2 is 1.04 bits per heavy atom. The minimum Gasteiger partial charge on any atom is -0.274 e. The SMILES string of the molecule is CN1C(=O)N(c2ccc(Cl)cc2)S2=C1N(C)C(=O)N2c1ccc(Cl)cc1. The van der Waals surface area contributed by atoms with Gasteiger partial charge < -0.3 is 0 Å². The van der Waals surface area contributed by atoms with E-state index in [0.29, 0.717) is 26.5 Å². The highest BCUT2D eigenvalue weighted by molar-refractivity contribution is 8.20. The largest absolute Gasteiger partial charge is 0.341 e. The standard InChI is InChI=1S/C17H14Cl2N4O2S/c1-20-15(24)22(13-7-3-11(18)4-8-13)26-17(20)21(2)16(25)23(26)14-9-5-12(19)6-10-14/h3-10H,1-2H3. The van der Waals surface area contributed by atoms with Crippen LogP contribution >= 0.6 is 34.1 Å². The predicted molar refractivity (Wildman–Crippen MR) is 107 cm³/mol. The maximum atomic E-state index is 12.9. The van der Waals surface area contributed by atoms with Crippen molar-refractivity contribution in [1.29, 1.82) is 0 Å². The van der Waals surface area contributed by atoms with Gasteiger partial charge >= 0.3 is 12.1 Å². The molecule has 2 aromatic carbocycles. The molecule has 0 spiro atoms. The molecule has 0 unspecified atom stereocenters. The van der Waals surface area contributed by atoms with E-state index in [1.165, 1.54) is 9.80 Å². The Morgan fingerprint density at radius 3 is 1.38 bits per heavy atom. The van der Waals surface area contributed by atoms with Crippen LogP contribution in [0.4, 0.5) is 21.0 Å². The number of benzene rings is 2. The third kappa shape index (κ3) is 2.46. The van der Waals surface area contributed by atoms with Crippen LogP contribution in [0.3, 0.4) is 0 Å². The number of anilines is 2. The summed E-state index contributed by atoms with van der Waals surface area (Å²) in [5.74, 6) is 0. The van der Waals surface area contributed by atoms with Gasteiger partial charge in [-0.1, -0.05) is 23.2 Å². The summed E-state index contributed by atoms with van der Waals surface area (Å²) >= 11 is 12.0. The number of rotatable bonds is 2. The fourth-order valence-corrected chi connectivity index (χ4v) is 5.44. The molecule has 0 N–H and O–H groups in total.